The van der Waals surface area contributed by atoms with E-state index in [4.69, 9.17) is 5.73 Å². The van der Waals surface area contributed by atoms with Gasteiger partial charge in [-0.3, -0.25) is 0 Å². The quantitative estimate of drug-likeness (QED) is 0.768. The van der Waals surface area contributed by atoms with Gasteiger partial charge in [0.1, 0.15) is 0 Å². The van der Waals surface area contributed by atoms with Crippen LogP contribution < -0.4 is 11.1 Å². The second kappa shape index (κ2) is 6.51. The van der Waals surface area contributed by atoms with Crippen LogP contribution in [-0.4, -0.2) is 19.1 Å². The summed E-state index contributed by atoms with van der Waals surface area (Å²) in [7, 11) is 0. The van der Waals surface area contributed by atoms with E-state index >= 15 is 0 Å². The Morgan fingerprint density at radius 3 is 2.40 bits per heavy atom. The number of hydrogen-bond acceptors (Lipinski definition) is 2. The van der Waals surface area contributed by atoms with Gasteiger partial charge in [0.25, 0.3) is 0 Å². The molecule has 0 aromatic rings. The lowest BCUT2D eigenvalue weighted by Crippen LogP contribution is -2.57. The highest BCUT2D eigenvalue weighted by molar-refractivity contribution is 5.10. The van der Waals surface area contributed by atoms with Gasteiger partial charge in [-0.1, -0.05) is 27.7 Å². The van der Waals surface area contributed by atoms with Crippen molar-refractivity contribution in [2.45, 2.75) is 85.1 Å². The fourth-order valence-corrected chi connectivity index (χ4v) is 8.37. The van der Waals surface area contributed by atoms with Gasteiger partial charge < -0.3 is 11.1 Å². The molecule has 3 N–H and O–H groups in total. The van der Waals surface area contributed by atoms with E-state index in [0.29, 0.717) is 10.8 Å². The first kappa shape index (κ1) is 18.3. The highest BCUT2D eigenvalue weighted by atomic mass is 14.9. The molecular weight excluding hydrogens is 304 g/mol. The molecule has 4 aliphatic carbocycles. The zero-order chi connectivity index (χ0) is 17.8. The summed E-state index contributed by atoms with van der Waals surface area (Å²) in [5.41, 5.74) is 6.99. The molecule has 0 aromatic carbocycles. The third-order valence-electron chi connectivity index (χ3n) is 10.1. The van der Waals surface area contributed by atoms with Crippen molar-refractivity contribution in [3.63, 3.8) is 0 Å². The minimum absolute atomic E-state index is 0.616. The molecule has 4 rings (SSSR count). The van der Waals surface area contributed by atoms with Gasteiger partial charge in [-0.25, -0.2) is 0 Å². The molecule has 4 aliphatic rings. The molecule has 4 saturated carbocycles. The number of fused-ring (bicyclic) bond motifs is 5. The number of nitrogens with one attached hydrogen (secondary N) is 1. The molecule has 0 heterocycles. The predicted octanol–water partition coefficient (Wildman–Crippen LogP) is 4.83. The minimum Gasteiger partial charge on any atom is -0.329 e. The lowest BCUT2D eigenvalue weighted by Gasteiger charge is -2.63. The van der Waals surface area contributed by atoms with Crippen molar-refractivity contribution in [3.8, 4) is 0 Å². The van der Waals surface area contributed by atoms with Crippen LogP contribution in [0, 0.1) is 46.3 Å². The third kappa shape index (κ3) is 2.73. The van der Waals surface area contributed by atoms with Crippen molar-refractivity contribution < 1.29 is 0 Å². The van der Waals surface area contributed by atoms with Crippen LogP contribution in [0.5, 0.6) is 0 Å². The molecule has 0 radical (unpaired) electrons. The van der Waals surface area contributed by atoms with Gasteiger partial charge in [-0.2, -0.15) is 0 Å². The lowest BCUT2D eigenvalue weighted by molar-refractivity contribution is -0.136. The van der Waals surface area contributed by atoms with Gasteiger partial charge in [-0.05, 0) is 97.7 Å². The summed E-state index contributed by atoms with van der Waals surface area (Å²) in [6.07, 6.45) is 11.7. The second-order valence-corrected chi connectivity index (χ2v) is 10.9. The maximum Gasteiger partial charge on any atom is 0.00770 e. The van der Waals surface area contributed by atoms with E-state index in [2.05, 4.69) is 33.0 Å². The molecule has 0 spiro atoms. The molecule has 0 aromatic heterocycles. The predicted molar refractivity (Wildman–Crippen MR) is 106 cm³/mol. The first-order chi connectivity index (χ1) is 11.9. The number of hydrogen-bond donors (Lipinski definition) is 2. The zero-order valence-electron chi connectivity index (χ0n) is 17.2. The maximum absolute atomic E-state index is 5.72. The molecule has 9 atom stereocenters. The second-order valence-electron chi connectivity index (χ2n) is 10.9. The van der Waals surface area contributed by atoms with Crippen LogP contribution in [0.25, 0.3) is 0 Å². The molecule has 25 heavy (non-hydrogen) atoms. The highest BCUT2D eigenvalue weighted by Gasteiger charge is 2.61. The van der Waals surface area contributed by atoms with Crippen molar-refractivity contribution in [3.05, 3.63) is 0 Å². The zero-order valence-corrected chi connectivity index (χ0v) is 17.2. The summed E-state index contributed by atoms with van der Waals surface area (Å²) >= 11 is 0. The third-order valence-corrected chi connectivity index (χ3v) is 10.1. The fourth-order valence-electron chi connectivity index (χ4n) is 8.37. The largest absolute Gasteiger partial charge is 0.329 e. The molecule has 144 valence electrons. The molecule has 2 heteroatoms. The molecule has 0 amide bonds. The Morgan fingerprint density at radius 1 is 0.920 bits per heavy atom. The van der Waals surface area contributed by atoms with Crippen LogP contribution in [0.2, 0.25) is 0 Å². The van der Waals surface area contributed by atoms with Gasteiger partial charge in [0.2, 0.25) is 0 Å². The lowest BCUT2D eigenvalue weighted by atomic mass is 9.42. The van der Waals surface area contributed by atoms with E-state index in [1.54, 1.807) is 0 Å². The Hall–Kier alpha value is -0.0800. The molecule has 2 nitrogen and oxygen atoms in total. The summed E-state index contributed by atoms with van der Waals surface area (Å²) in [5, 5.41) is 3.73. The monoisotopic (exact) mass is 346 g/mol. The Bertz CT molecular complexity index is 490. The molecule has 4 fully saturated rings. The van der Waals surface area contributed by atoms with E-state index in [1.807, 2.05) is 0 Å². The molecule has 0 aliphatic heterocycles. The SMILES string of the molecule is CC1CC2C[C@H](NCCN)CCC2(C)C2CCC3(C)C(C)CCC3C12. The first-order valence-corrected chi connectivity index (χ1v) is 11.3. The van der Waals surface area contributed by atoms with Gasteiger partial charge in [0.05, 0.1) is 0 Å². The summed E-state index contributed by atoms with van der Waals surface area (Å²) < 4.78 is 0. The van der Waals surface area contributed by atoms with Crippen molar-refractivity contribution in [1.82, 2.24) is 5.32 Å². The summed E-state index contributed by atoms with van der Waals surface area (Å²) in [4.78, 5) is 0. The van der Waals surface area contributed by atoms with Crippen LogP contribution in [-0.2, 0) is 0 Å². The maximum atomic E-state index is 5.72. The van der Waals surface area contributed by atoms with E-state index in [1.165, 1.54) is 51.4 Å². The smallest absolute Gasteiger partial charge is 0.00770 e. The summed E-state index contributed by atoms with van der Waals surface area (Å²) in [5.74, 6) is 5.86. The Labute approximate surface area is 156 Å². The van der Waals surface area contributed by atoms with Gasteiger partial charge >= 0.3 is 0 Å². The van der Waals surface area contributed by atoms with E-state index in [0.717, 1.165) is 54.6 Å². The number of rotatable bonds is 3. The standard InChI is InChI=1S/C23H42N2/c1-15-13-17-14-18(25-12-11-24)7-9-23(17,4)20-8-10-22(3)16(2)5-6-19(22)21(15)20/h15-21,25H,5-14,24H2,1-4H3/t15?,16?,17?,18-,19?,20?,21?,22?,23?/m1/s1. The van der Waals surface area contributed by atoms with Crippen LogP contribution in [0.1, 0.15) is 79.1 Å². The topological polar surface area (TPSA) is 38.0 Å². The minimum atomic E-state index is 0.616. The molecule has 0 bridgehead atoms. The van der Waals surface area contributed by atoms with Gasteiger partial charge in [0.15, 0.2) is 0 Å². The van der Waals surface area contributed by atoms with E-state index in [9.17, 15) is 0 Å². The van der Waals surface area contributed by atoms with E-state index in [-0.39, 0.29) is 0 Å². The molecule has 0 saturated heterocycles. The average molecular weight is 347 g/mol. The van der Waals surface area contributed by atoms with Crippen molar-refractivity contribution >= 4 is 0 Å². The van der Waals surface area contributed by atoms with Crippen molar-refractivity contribution in [2.24, 2.45) is 52.1 Å². The van der Waals surface area contributed by atoms with Crippen molar-refractivity contribution in [1.29, 1.82) is 0 Å². The number of nitrogens with two attached hydrogens (primary N) is 1. The van der Waals surface area contributed by atoms with Crippen molar-refractivity contribution in [2.75, 3.05) is 13.1 Å². The van der Waals surface area contributed by atoms with Crippen LogP contribution >= 0.6 is 0 Å². The average Bonchev–Trinajstić information content (AvgIpc) is 2.89. The highest BCUT2D eigenvalue weighted by Crippen LogP contribution is 2.68. The Kier molecular flexibility index (Phi) is 4.77. The Balaban J connectivity index is 1.55. The van der Waals surface area contributed by atoms with Gasteiger partial charge in [0, 0.05) is 19.1 Å². The van der Waals surface area contributed by atoms with Crippen LogP contribution in [0.3, 0.4) is 0 Å². The molecule has 8 unspecified atom stereocenters. The Morgan fingerprint density at radius 2 is 1.64 bits per heavy atom. The van der Waals surface area contributed by atoms with Crippen LogP contribution in [0.15, 0.2) is 0 Å². The first-order valence-electron chi connectivity index (χ1n) is 11.3. The van der Waals surface area contributed by atoms with Crippen LogP contribution in [0.4, 0.5) is 0 Å². The normalized spacial score (nSPS) is 55.3. The molecular formula is C23H42N2. The summed E-state index contributed by atoms with van der Waals surface area (Å²) in [6.45, 7) is 12.3. The van der Waals surface area contributed by atoms with Gasteiger partial charge in [-0.15, -0.1) is 0 Å². The fraction of sp³-hybridized carbons (Fsp3) is 1.00. The van der Waals surface area contributed by atoms with E-state index < -0.39 is 0 Å². The summed E-state index contributed by atoms with van der Waals surface area (Å²) in [6, 6.07) is 0.728.